The van der Waals surface area contributed by atoms with Gasteiger partial charge in [-0.3, -0.25) is 19.4 Å². The van der Waals surface area contributed by atoms with Crippen LogP contribution in [-0.4, -0.2) is 105 Å². The molecule has 31 heavy (non-hydrogen) atoms. The first kappa shape index (κ1) is 25.0. The van der Waals surface area contributed by atoms with Crippen molar-refractivity contribution < 1.29 is 39.3 Å². The van der Waals surface area contributed by atoms with Crippen molar-refractivity contribution in [3.05, 3.63) is 0 Å². The van der Waals surface area contributed by atoms with Crippen molar-refractivity contribution in [1.82, 2.24) is 20.2 Å². The molecule has 0 aromatic carbocycles. The predicted octanol–water partition coefficient (Wildman–Crippen LogP) is -0.783. The molecule has 2 rings (SSSR count). The normalized spacial score (nSPS) is 22.5. The molecule has 0 radical (unpaired) electrons. The monoisotopic (exact) mass is 444 g/mol. The lowest BCUT2D eigenvalue weighted by Gasteiger charge is -2.51. The third-order valence-corrected chi connectivity index (χ3v) is 5.40. The third-order valence-electron chi connectivity index (χ3n) is 5.40. The topological polar surface area (TPSA) is 149 Å². The maximum atomic E-state index is 12.6. The summed E-state index contributed by atoms with van der Waals surface area (Å²) in [6.45, 7) is 6.99. The van der Waals surface area contributed by atoms with Gasteiger partial charge in [0, 0.05) is 30.2 Å². The van der Waals surface area contributed by atoms with E-state index in [9.17, 15) is 29.5 Å². The Balaban J connectivity index is 1.94. The summed E-state index contributed by atoms with van der Waals surface area (Å²) in [5, 5.41) is 23.8. The average molecular weight is 444 g/mol. The number of carboxylic acids is 1. The number of carbonyl (C=O) groups excluding carboxylic acids is 3. The number of rotatable bonds is 8. The summed E-state index contributed by atoms with van der Waals surface area (Å²) in [5.41, 5.74) is -1.06. The number of carboxylic acid groups (broad SMARTS) is 1. The van der Waals surface area contributed by atoms with Gasteiger partial charge in [0.15, 0.2) is 0 Å². The second-order valence-corrected chi connectivity index (χ2v) is 9.34. The van der Waals surface area contributed by atoms with Crippen LogP contribution in [0.3, 0.4) is 0 Å². The number of nitrogens with zero attached hydrogens (tertiary/aromatic N) is 3. The highest BCUT2D eigenvalue weighted by atomic mass is 17.2. The maximum Gasteiger partial charge on any atom is 0.369 e. The molecule has 0 spiro atoms. The summed E-state index contributed by atoms with van der Waals surface area (Å²) in [5.74, 6) is -2.89. The molecule has 2 fully saturated rings. The van der Waals surface area contributed by atoms with Gasteiger partial charge in [-0.1, -0.05) is 0 Å². The molecule has 0 bridgehead atoms. The number of amides is 1. The molecule has 2 aliphatic heterocycles. The summed E-state index contributed by atoms with van der Waals surface area (Å²) in [4.78, 5) is 58.2. The van der Waals surface area contributed by atoms with Gasteiger partial charge < -0.3 is 15.6 Å². The minimum atomic E-state index is -1.10. The lowest BCUT2D eigenvalue weighted by Crippen LogP contribution is -2.63. The van der Waals surface area contributed by atoms with Crippen LogP contribution in [0.1, 0.15) is 40.5 Å². The van der Waals surface area contributed by atoms with Gasteiger partial charge in [0.2, 0.25) is 5.91 Å². The van der Waals surface area contributed by atoms with Gasteiger partial charge in [0.05, 0.1) is 13.1 Å². The Labute approximate surface area is 180 Å². The summed E-state index contributed by atoms with van der Waals surface area (Å²) >= 11 is 0. The minimum Gasteiger partial charge on any atom is -0.480 e. The van der Waals surface area contributed by atoms with Crippen LogP contribution in [0.25, 0.3) is 0 Å². The molecule has 0 atom stereocenters. The molecular formula is C19H32N4O8. The molecule has 2 saturated heterocycles. The molecule has 0 aromatic heterocycles. The highest BCUT2D eigenvalue weighted by Crippen LogP contribution is 2.36. The van der Waals surface area contributed by atoms with Gasteiger partial charge in [-0.2, -0.15) is 5.06 Å². The van der Waals surface area contributed by atoms with Crippen molar-refractivity contribution in [3.8, 4) is 0 Å². The zero-order valence-electron chi connectivity index (χ0n) is 18.4. The first-order valence-corrected chi connectivity index (χ1v) is 10.1. The molecule has 3 N–H and O–H groups in total. The molecule has 176 valence electrons. The molecule has 2 heterocycles. The molecule has 0 aromatic rings. The van der Waals surface area contributed by atoms with Gasteiger partial charge in [0.25, 0.3) is 0 Å². The van der Waals surface area contributed by atoms with Crippen molar-refractivity contribution in [3.63, 3.8) is 0 Å². The third kappa shape index (κ3) is 7.42. The fourth-order valence-corrected chi connectivity index (χ4v) is 4.26. The lowest BCUT2D eigenvalue weighted by atomic mass is 9.79. The highest BCUT2D eigenvalue weighted by molar-refractivity contribution is 5.79. The van der Waals surface area contributed by atoms with Gasteiger partial charge in [-0.05, 0) is 40.5 Å². The highest BCUT2D eigenvalue weighted by Gasteiger charge is 2.45. The summed E-state index contributed by atoms with van der Waals surface area (Å²) < 4.78 is 0. The lowest BCUT2D eigenvalue weighted by molar-refractivity contribution is -0.253. The zero-order chi connectivity index (χ0) is 23.4. The largest absolute Gasteiger partial charge is 0.480 e. The van der Waals surface area contributed by atoms with E-state index in [-0.39, 0.29) is 51.2 Å². The van der Waals surface area contributed by atoms with Crippen LogP contribution in [0, 0.1) is 0 Å². The van der Waals surface area contributed by atoms with Gasteiger partial charge in [-0.15, -0.1) is 0 Å². The molecule has 0 unspecified atom stereocenters. The zero-order valence-corrected chi connectivity index (χ0v) is 18.4. The Morgan fingerprint density at radius 3 is 2.06 bits per heavy atom. The number of hydrogen-bond acceptors (Lipinski definition) is 10. The van der Waals surface area contributed by atoms with E-state index in [0.717, 1.165) is 0 Å². The molecule has 12 heteroatoms. The molecule has 1 amide bonds. The van der Waals surface area contributed by atoms with Crippen molar-refractivity contribution in [2.24, 2.45) is 0 Å². The predicted molar refractivity (Wildman–Crippen MR) is 106 cm³/mol. The Morgan fingerprint density at radius 2 is 1.58 bits per heavy atom. The molecule has 2 aliphatic rings. The Hall–Kier alpha value is -2.28. The SMILES string of the molecule is CC1(C)CC(NC(=O)CN(CCN2CC(=O)OOC(=O)C2)CC(=O)O)CC(C)(C)N1O. The number of carbonyl (C=O) groups is 4. The molecule has 0 saturated carbocycles. The average Bonchev–Trinajstić information content (AvgIpc) is 2.77. The van der Waals surface area contributed by atoms with E-state index in [1.807, 2.05) is 27.7 Å². The summed E-state index contributed by atoms with van der Waals surface area (Å²) in [6.07, 6.45) is 1.07. The van der Waals surface area contributed by atoms with E-state index in [4.69, 9.17) is 0 Å². The van der Waals surface area contributed by atoms with E-state index >= 15 is 0 Å². The second kappa shape index (κ2) is 9.90. The number of hydroxylamine groups is 2. The minimum absolute atomic E-state index is 0.145. The number of hydrogen-bond donors (Lipinski definition) is 3. The van der Waals surface area contributed by atoms with Crippen LogP contribution in [0.4, 0.5) is 0 Å². The van der Waals surface area contributed by atoms with Crippen molar-refractivity contribution in [2.75, 3.05) is 39.3 Å². The first-order valence-electron chi connectivity index (χ1n) is 10.1. The van der Waals surface area contributed by atoms with E-state index in [2.05, 4.69) is 15.1 Å². The standard InChI is InChI=1S/C19H32N4O8/c1-18(2)7-13(8-19(3,4)23(18)29)20-14(24)9-21(10-15(25)26)5-6-22-11-16(27)30-31-17(28)12-22/h13,29H,5-12H2,1-4H3,(H,20,24)(H,25,26). The van der Waals surface area contributed by atoms with E-state index in [1.54, 1.807) is 0 Å². The first-order chi connectivity index (χ1) is 14.3. The van der Waals surface area contributed by atoms with E-state index < -0.39 is 29.0 Å². The van der Waals surface area contributed by atoms with Crippen molar-refractivity contribution in [2.45, 2.75) is 57.7 Å². The molecular weight excluding hydrogens is 412 g/mol. The van der Waals surface area contributed by atoms with Crippen LogP contribution in [0.2, 0.25) is 0 Å². The molecule has 0 aliphatic carbocycles. The van der Waals surface area contributed by atoms with E-state index in [1.165, 1.54) is 14.9 Å². The van der Waals surface area contributed by atoms with Crippen LogP contribution in [0.15, 0.2) is 0 Å². The maximum absolute atomic E-state index is 12.6. The summed E-state index contributed by atoms with van der Waals surface area (Å²) in [7, 11) is 0. The quantitative estimate of drug-likeness (QED) is 0.405. The van der Waals surface area contributed by atoms with Crippen LogP contribution < -0.4 is 5.32 Å². The number of piperidine rings is 1. The fraction of sp³-hybridized carbons (Fsp3) is 0.789. The fourth-order valence-electron chi connectivity index (χ4n) is 4.26. The number of aliphatic carboxylic acids is 1. The van der Waals surface area contributed by atoms with Crippen LogP contribution >= 0.6 is 0 Å². The van der Waals surface area contributed by atoms with Crippen molar-refractivity contribution in [1.29, 1.82) is 0 Å². The molecule has 12 nitrogen and oxygen atoms in total. The Bertz CT molecular complexity index is 675. The van der Waals surface area contributed by atoms with Crippen LogP contribution in [-0.2, 0) is 29.0 Å². The van der Waals surface area contributed by atoms with Gasteiger partial charge in [0.1, 0.15) is 13.1 Å². The van der Waals surface area contributed by atoms with E-state index in [0.29, 0.717) is 12.8 Å². The Kier molecular flexibility index (Phi) is 7.98. The van der Waals surface area contributed by atoms with Crippen LogP contribution in [0.5, 0.6) is 0 Å². The summed E-state index contributed by atoms with van der Waals surface area (Å²) in [6, 6.07) is -0.178. The van der Waals surface area contributed by atoms with Crippen molar-refractivity contribution >= 4 is 23.8 Å². The Morgan fingerprint density at radius 1 is 1.06 bits per heavy atom. The number of nitrogens with one attached hydrogen (secondary N) is 1. The van der Waals surface area contributed by atoms with Gasteiger partial charge >= 0.3 is 17.9 Å². The smallest absolute Gasteiger partial charge is 0.369 e. The van der Waals surface area contributed by atoms with Gasteiger partial charge in [-0.25, -0.2) is 19.4 Å². The second-order valence-electron chi connectivity index (χ2n) is 9.34.